The molecular weight excluding hydrogens is 311 g/mol. The molecule has 0 saturated heterocycles. The highest BCUT2D eigenvalue weighted by Gasteiger charge is 2.14. The van der Waals surface area contributed by atoms with E-state index in [1.165, 1.54) is 30.3 Å². The maximum atomic E-state index is 12.9. The number of carbonyl (C=O) groups excluding carboxylic acids is 1. The highest BCUT2D eigenvalue weighted by molar-refractivity contribution is 6.09. The molecule has 1 aliphatic rings. The summed E-state index contributed by atoms with van der Waals surface area (Å²) in [6.07, 6.45) is 1.40. The van der Waals surface area contributed by atoms with Crippen molar-refractivity contribution >= 4 is 17.7 Å². The van der Waals surface area contributed by atoms with Crippen molar-refractivity contribution in [3.05, 3.63) is 59.4 Å². The summed E-state index contributed by atoms with van der Waals surface area (Å²) >= 11 is 0. The van der Waals surface area contributed by atoms with Crippen LogP contribution in [0.2, 0.25) is 0 Å². The van der Waals surface area contributed by atoms with Crippen molar-refractivity contribution < 1.29 is 18.7 Å². The van der Waals surface area contributed by atoms with E-state index < -0.39 is 5.91 Å². The van der Waals surface area contributed by atoms with Crippen LogP contribution in [0.15, 0.2) is 48.0 Å². The van der Waals surface area contributed by atoms with Crippen LogP contribution in [0.1, 0.15) is 5.56 Å². The fourth-order valence-electron chi connectivity index (χ4n) is 2.19. The first-order valence-electron chi connectivity index (χ1n) is 7.24. The summed E-state index contributed by atoms with van der Waals surface area (Å²) in [4.78, 5) is 12.2. The largest absolute Gasteiger partial charge is 0.486 e. The van der Waals surface area contributed by atoms with Crippen LogP contribution >= 0.6 is 0 Å². The molecule has 0 aliphatic carbocycles. The SMILES string of the molecule is N#C/C(=C\c1ccc(F)cc1)C(=O)Nc1ccc2c(c1)OCCO2. The van der Waals surface area contributed by atoms with Gasteiger partial charge in [-0.3, -0.25) is 4.79 Å². The van der Waals surface area contributed by atoms with Gasteiger partial charge < -0.3 is 14.8 Å². The molecule has 5 nitrogen and oxygen atoms in total. The Hall–Kier alpha value is -3.33. The average Bonchev–Trinajstić information content (AvgIpc) is 2.61. The van der Waals surface area contributed by atoms with Crippen molar-refractivity contribution in [2.75, 3.05) is 18.5 Å². The van der Waals surface area contributed by atoms with Crippen LogP contribution in [-0.2, 0) is 4.79 Å². The molecular formula is C18H13FN2O3. The van der Waals surface area contributed by atoms with Crippen LogP contribution in [0.5, 0.6) is 11.5 Å². The van der Waals surface area contributed by atoms with Gasteiger partial charge in [-0.1, -0.05) is 12.1 Å². The molecule has 0 saturated carbocycles. The van der Waals surface area contributed by atoms with Gasteiger partial charge >= 0.3 is 0 Å². The fourth-order valence-corrected chi connectivity index (χ4v) is 2.19. The molecule has 0 atom stereocenters. The summed E-state index contributed by atoms with van der Waals surface area (Å²) in [5.74, 6) is 0.214. The van der Waals surface area contributed by atoms with Gasteiger partial charge in [-0.15, -0.1) is 0 Å². The Morgan fingerprint density at radius 3 is 2.54 bits per heavy atom. The summed E-state index contributed by atoms with van der Waals surface area (Å²) in [6.45, 7) is 0.927. The third-order valence-electron chi connectivity index (χ3n) is 3.35. The number of rotatable bonds is 3. The molecule has 0 unspecified atom stereocenters. The molecule has 0 fully saturated rings. The molecule has 1 aliphatic heterocycles. The summed E-state index contributed by atoms with van der Waals surface area (Å²) in [5.41, 5.74) is 0.964. The first-order valence-corrected chi connectivity index (χ1v) is 7.24. The number of nitrogens with zero attached hydrogens (tertiary/aromatic N) is 1. The van der Waals surface area contributed by atoms with Crippen molar-refractivity contribution in [1.82, 2.24) is 0 Å². The molecule has 1 amide bonds. The van der Waals surface area contributed by atoms with Gasteiger partial charge in [0.05, 0.1) is 0 Å². The second-order valence-electron chi connectivity index (χ2n) is 5.03. The number of hydrogen-bond acceptors (Lipinski definition) is 4. The number of hydrogen-bond donors (Lipinski definition) is 1. The minimum Gasteiger partial charge on any atom is -0.486 e. The number of carbonyl (C=O) groups is 1. The molecule has 2 aromatic rings. The van der Waals surface area contributed by atoms with Crippen LogP contribution in [-0.4, -0.2) is 19.1 Å². The Kier molecular flexibility index (Phi) is 4.43. The highest BCUT2D eigenvalue weighted by atomic mass is 19.1. The lowest BCUT2D eigenvalue weighted by molar-refractivity contribution is -0.112. The Morgan fingerprint density at radius 2 is 1.83 bits per heavy atom. The molecule has 3 rings (SSSR count). The van der Waals surface area contributed by atoms with E-state index >= 15 is 0 Å². The van der Waals surface area contributed by atoms with E-state index in [9.17, 15) is 14.4 Å². The summed E-state index contributed by atoms with van der Waals surface area (Å²) in [7, 11) is 0. The Morgan fingerprint density at radius 1 is 1.12 bits per heavy atom. The van der Waals surface area contributed by atoms with Crippen molar-refractivity contribution in [1.29, 1.82) is 5.26 Å². The summed E-state index contributed by atoms with van der Waals surface area (Å²) in [5, 5.41) is 11.8. The normalized spacial score (nSPS) is 13.1. The Balaban J connectivity index is 1.77. The molecule has 1 N–H and O–H groups in total. The quantitative estimate of drug-likeness (QED) is 0.695. The smallest absolute Gasteiger partial charge is 0.266 e. The molecule has 2 aromatic carbocycles. The fraction of sp³-hybridized carbons (Fsp3) is 0.111. The monoisotopic (exact) mass is 324 g/mol. The average molecular weight is 324 g/mol. The van der Waals surface area contributed by atoms with Crippen molar-refractivity contribution in [2.45, 2.75) is 0 Å². The Bertz CT molecular complexity index is 838. The first-order chi connectivity index (χ1) is 11.7. The maximum absolute atomic E-state index is 12.9. The number of benzene rings is 2. The zero-order valence-electron chi connectivity index (χ0n) is 12.6. The third kappa shape index (κ3) is 3.52. The number of nitriles is 1. The number of halogens is 1. The Labute approximate surface area is 137 Å². The van der Waals surface area contributed by atoms with Crippen LogP contribution in [0.25, 0.3) is 6.08 Å². The number of anilines is 1. The molecule has 0 spiro atoms. The van der Waals surface area contributed by atoms with Gasteiger partial charge in [0.2, 0.25) is 0 Å². The highest BCUT2D eigenvalue weighted by Crippen LogP contribution is 2.32. The van der Waals surface area contributed by atoms with Gasteiger partial charge in [0.1, 0.15) is 30.7 Å². The maximum Gasteiger partial charge on any atom is 0.266 e. The van der Waals surface area contributed by atoms with Crippen molar-refractivity contribution in [3.8, 4) is 17.6 Å². The number of nitrogens with one attached hydrogen (secondary N) is 1. The zero-order chi connectivity index (χ0) is 16.9. The molecule has 0 radical (unpaired) electrons. The van der Waals surface area contributed by atoms with E-state index in [0.29, 0.717) is 36.0 Å². The second kappa shape index (κ2) is 6.84. The lowest BCUT2D eigenvalue weighted by atomic mass is 10.1. The van der Waals surface area contributed by atoms with Crippen LogP contribution in [0, 0.1) is 17.1 Å². The predicted molar refractivity (Wildman–Crippen MR) is 86.1 cm³/mol. The van der Waals surface area contributed by atoms with Crippen LogP contribution in [0.3, 0.4) is 0 Å². The van der Waals surface area contributed by atoms with Crippen molar-refractivity contribution in [2.24, 2.45) is 0 Å². The lowest BCUT2D eigenvalue weighted by Gasteiger charge is -2.18. The zero-order valence-corrected chi connectivity index (χ0v) is 12.6. The van der Waals surface area contributed by atoms with Crippen molar-refractivity contribution in [3.63, 3.8) is 0 Å². The minimum absolute atomic E-state index is 0.0866. The van der Waals surface area contributed by atoms with Gasteiger partial charge in [0.15, 0.2) is 11.5 Å². The third-order valence-corrected chi connectivity index (χ3v) is 3.35. The molecule has 6 heteroatoms. The number of amides is 1. The predicted octanol–water partition coefficient (Wildman–Crippen LogP) is 3.14. The lowest BCUT2D eigenvalue weighted by Crippen LogP contribution is -2.17. The molecule has 0 bridgehead atoms. The minimum atomic E-state index is -0.557. The van der Waals surface area contributed by atoms with Crippen LogP contribution in [0.4, 0.5) is 10.1 Å². The second-order valence-corrected chi connectivity index (χ2v) is 5.03. The molecule has 120 valence electrons. The van der Waals surface area contributed by atoms with E-state index in [1.807, 2.05) is 6.07 Å². The standard InChI is InChI=1S/C18H13FN2O3/c19-14-3-1-12(2-4-14)9-13(11-20)18(22)21-15-5-6-16-17(10-15)24-8-7-23-16/h1-6,9-10H,7-8H2,(H,21,22)/b13-9+. The first kappa shape index (κ1) is 15.6. The van der Waals surface area contributed by atoms with Gasteiger partial charge in [0.25, 0.3) is 5.91 Å². The van der Waals surface area contributed by atoms with E-state index in [1.54, 1.807) is 18.2 Å². The van der Waals surface area contributed by atoms with E-state index in [-0.39, 0.29) is 11.4 Å². The van der Waals surface area contributed by atoms with Gasteiger partial charge in [-0.2, -0.15) is 5.26 Å². The topological polar surface area (TPSA) is 71.4 Å². The van der Waals surface area contributed by atoms with E-state index in [4.69, 9.17) is 9.47 Å². The summed E-state index contributed by atoms with van der Waals surface area (Å²) < 4.78 is 23.8. The molecule has 0 aromatic heterocycles. The summed E-state index contributed by atoms with van der Waals surface area (Å²) in [6, 6.07) is 12.4. The van der Waals surface area contributed by atoms with Gasteiger partial charge in [-0.05, 0) is 35.9 Å². The van der Waals surface area contributed by atoms with E-state index in [0.717, 1.165) is 0 Å². The van der Waals surface area contributed by atoms with Crippen LogP contribution < -0.4 is 14.8 Å². The molecule has 24 heavy (non-hydrogen) atoms. The number of fused-ring (bicyclic) bond motifs is 1. The van der Waals surface area contributed by atoms with Gasteiger partial charge in [0, 0.05) is 11.8 Å². The van der Waals surface area contributed by atoms with Gasteiger partial charge in [-0.25, -0.2) is 4.39 Å². The number of ether oxygens (including phenoxy) is 2. The molecule has 1 heterocycles. The van der Waals surface area contributed by atoms with E-state index in [2.05, 4.69) is 5.32 Å².